The van der Waals surface area contributed by atoms with Crippen LogP contribution < -0.4 is 0 Å². The summed E-state index contributed by atoms with van der Waals surface area (Å²) in [6.45, 7) is 0.0312. The van der Waals surface area contributed by atoms with Crippen molar-refractivity contribution >= 4 is 34.0 Å². The summed E-state index contributed by atoms with van der Waals surface area (Å²) in [4.78, 5) is 25.2. The van der Waals surface area contributed by atoms with Crippen LogP contribution in [0.3, 0.4) is 0 Å². The summed E-state index contributed by atoms with van der Waals surface area (Å²) < 4.78 is 32.8. The Morgan fingerprint density at radius 2 is 1.84 bits per heavy atom. The zero-order valence-corrected chi connectivity index (χ0v) is 14.4. The van der Waals surface area contributed by atoms with Gasteiger partial charge in [-0.2, -0.15) is 0 Å². The number of nitrogens with zero attached hydrogens (tertiary/aromatic N) is 1. The van der Waals surface area contributed by atoms with E-state index < -0.39 is 29.7 Å². The Kier molecular flexibility index (Phi) is 4.94. The molecule has 1 saturated heterocycles. The minimum Gasteiger partial charge on any atom is -0.446 e. The Labute approximate surface area is 150 Å². The van der Waals surface area contributed by atoms with Gasteiger partial charge in [-0.05, 0) is 23.8 Å². The molecule has 2 aromatic carbocycles. The van der Waals surface area contributed by atoms with E-state index in [0.717, 1.165) is 34.7 Å². The van der Waals surface area contributed by atoms with E-state index in [0.29, 0.717) is 0 Å². The molecule has 0 N–H and O–H groups in total. The number of halogens is 3. The maximum Gasteiger partial charge on any atom is 0.417 e. The average Bonchev–Trinajstić information content (AvgIpc) is 2.96. The van der Waals surface area contributed by atoms with Gasteiger partial charge in [-0.25, -0.2) is 18.5 Å². The van der Waals surface area contributed by atoms with E-state index in [9.17, 15) is 18.4 Å². The molecule has 1 unspecified atom stereocenters. The van der Waals surface area contributed by atoms with Crippen molar-refractivity contribution in [1.29, 1.82) is 0 Å². The molecule has 1 heterocycles. The van der Waals surface area contributed by atoms with Crippen molar-refractivity contribution in [3.05, 3.63) is 75.8 Å². The summed E-state index contributed by atoms with van der Waals surface area (Å²) in [7, 11) is 0. The molecule has 0 spiro atoms. The van der Waals surface area contributed by atoms with Crippen molar-refractivity contribution < 1.29 is 23.1 Å². The number of rotatable bonds is 3. The molecule has 25 heavy (non-hydrogen) atoms. The number of cyclic esters (lactones) is 1. The van der Waals surface area contributed by atoms with Crippen LogP contribution in [0.4, 0.5) is 13.6 Å². The standard InChI is InChI=1S/C18H12BrF2NO3/c19-12-8-14(20)13(15(21)9-12)6-7-17(23)22-16(10-25-18(22)24)11-4-2-1-3-5-11/h1-9,16H,10H2/b7-6+. The first-order valence-electron chi connectivity index (χ1n) is 7.35. The van der Waals surface area contributed by atoms with E-state index in [1.807, 2.05) is 6.07 Å². The van der Waals surface area contributed by atoms with Gasteiger partial charge >= 0.3 is 6.09 Å². The Morgan fingerprint density at radius 1 is 1.20 bits per heavy atom. The first kappa shape index (κ1) is 17.3. The summed E-state index contributed by atoms with van der Waals surface area (Å²) in [5.74, 6) is -2.35. The number of imide groups is 1. The lowest BCUT2D eigenvalue weighted by molar-refractivity contribution is -0.124. The molecule has 2 amide bonds. The number of hydrogen-bond acceptors (Lipinski definition) is 3. The molecular weight excluding hydrogens is 396 g/mol. The van der Waals surface area contributed by atoms with Crippen LogP contribution in [0.2, 0.25) is 0 Å². The van der Waals surface area contributed by atoms with Gasteiger partial charge in [0.1, 0.15) is 24.3 Å². The molecule has 128 valence electrons. The molecule has 7 heteroatoms. The van der Waals surface area contributed by atoms with Gasteiger partial charge in [0.25, 0.3) is 5.91 Å². The van der Waals surface area contributed by atoms with Gasteiger partial charge in [-0.1, -0.05) is 46.3 Å². The zero-order chi connectivity index (χ0) is 18.0. The number of carbonyl (C=O) groups excluding carboxylic acids is 2. The highest BCUT2D eigenvalue weighted by molar-refractivity contribution is 9.10. The molecule has 1 aliphatic rings. The highest BCUT2D eigenvalue weighted by Crippen LogP contribution is 2.28. The fourth-order valence-corrected chi connectivity index (χ4v) is 2.94. The van der Waals surface area contributed by atoms with Crippen molar-refractivity contribution in [3.8, 4) is 0 Å². The number of hydrogen-bond donors (Lipinski definition) is 0. The number of amides is 2. The van der Waals surface area contributed by atoms with Gasteiger partial charge in [0.05, 0.1) is 0 Å². The predicted molar refractivity (Wildman–Crippen MR) is 90.5 cm³/mol. The van der Waals surface area contributed by atoms with Crippen LogP contribution in [-0.4, -0.2) is 23.5 Å². The lowest BCUT2D eigenvalue weighted by atomic mass is 10.1. The van der Waals surface area contributed by atoms with Gasteiger partial charge in [-0.3, -0.25) is 4.79 Å². The molecule has 0 aromatic heterocycles. The summed E-state index contributed by atoms with van der Waals surface area (Å²) in [6, 6.07) is 10.5. The lowest BCUT2D eigenvalue weighted by Crippen LogP contribution is -2.32. The first-order valence-corrected chi connectivity index (χ1v) is 8.14. The second-order valence-electron chi connectivity index (χ2n) is 5.33. The van der Waals surface area contributed by atoms with Crippen LogP contribution in [0.25, 0.3) is 6.08 Å². The minimum absolute atomic E-state index is 0.0312. The van der Waals surface area contributed by atoms with Crippen LogP contribution in [0.15, 0.2) is 53.0 Å². The topological polar surface area (TPSA) is 46.6 Å². The summed E-state index contributed by atoms with van der Waals surface area (Å²) in [5.41, 5.74) is 0.372. The quantitative estimate of drug-likeness (QED) is 0.705. The maximum atomic E-state index is 13.8. The molecular formula is C18H12BrF2NO3. The van der Waals surface area contributed by atoms with Crippen molar-refractivity contribution in [1.82, 2.24) is 4.90 Å². The van der Waals surface area contributed by atoms with E-state index >= 15 is 0 Å². The Balaban J connectivity index is 1.86. The molecule has 0 aliphatic carbocycles. The van der Waals surface area contributed by atoms with E-state index in [-0.39, 0.29) is 16.6 Å². The van der Waals surface area contributed by atoms with Gasteiger partial charge in [0.2, 0.25) is 0 Å². The van der Waals surface area contributed by atoms with Crippen molar-refractivity contribution in [2.45, 2.75) is 6.04 Å². The number of benzene rings is 2. The normalized spacial score (nSPS) is 17.2. The van der Waals surface area contributed by atoms with Gasteiger partial charge in [-0.15, -0.1) is 0 Å². The number of ether oxygens (including phenoxy) is 1. The fourth-order valence-electron chi connectivity index (χ4n) is 2.53. The zero-order valence-electron chi connectivity index (χ0n) is 12.8. The van der Waals surface area contributed by atoms with Crippen LogP contribution in [0.1, 0.15) is 17.2 Å². The molecule has 1 fully saturated rings. The predicted octanol–water partition coefficient (Wildman–Crippen LogP) is 4.46. The minimum atomic E-state index is -0.820. The first-order chi connectivity index (χ1) is 12.0. The third-order valence-electron chi connectivity index (χ3n) is 3.73. The lowest BCUT2D eigenvalue weighted by Gasteiger charge is -2.18. The summed E-state index contributed by atoms with van der Waals surface area (Å²) in [5, 5.41) is 0. The average molecular weight is 408 g/mol. The highest BCUT2D eigenvalue weighted by Gasteiger charge is 2.37. The van der Waals surface area contributed by atoms with Crippen molar-refractivity contribution in [2.24, 2.45) is 0 Å². The third kappa shape index (κ3) is 3.61. The Hall–Kier alpha value is -2.54. The van der Waals surface area contributed by atoms with E-state index in [1.54, 1.807) is 24.3 Å². The third-order valence-corrected chi connectivity index (χ3v) is 4.19. The summed E-state index contributed by atoms with van der Waals surface area (Å²) in [6.07, 6.45) is 1.17. The van der Waals surface area contributed by atoms with Gasteiger partial charge in [0, 0.05) is 16.1 Å². The van der Waals surface area contributed by atoms with E-state index in [2.05, 4.69) is 15.9 Å². The Bertz CT molecular complexity index is 832. The van der Waals surface area contributed by atoms with E-state index in [4.69, 9.17) is 4.74 Å². The molecule has 0 bridgehead atoms. The van der Waals surface area contributed by atoms with Crippen LogP contribution in [0.5, 0.6) is 0 Å². The monoisotopic (exact) mass is 407 g/mol. The second-order valence-corrected chi connectivity index (χ2v) is 6.24. The van der Waals surface area contributed by atoms with Crippen LogP contribution in [-0.2, 0) is 9.53 Å². The van der Waals surface area contributed by atoms with Gasteiger partial charge in [0.15, 0.2) is 0 Å². The molecule has 4 nitrogen and oxygen atoms in total. The second kappa shape index (κ2) is 7.14. The summed E-state index contributed by atoms with van der Waals surface area (Å²) >= 11 is 2.98. The van der Waals surface area contributed by atoms with Crippen LogP contribution in [0, 0.1) is 11.6 Å². The Morgan fingerprint density at radius 3 is 2.48 bits per heavy atom. The van der Waals surface area contributed by atoms with Crippen LogP contribution >= 0.6 is 15.9 Å². The van der Waals surface area contributed by atoms with Gasteiger partial charge < -0.3 is 4.74 Å². The highest BCUT2D eigenvalue weighted by atomic mass is 79.9. The fraction of sp³-hybridized carbons (Fsp3) is 0.111. The van der Waals surface area contributed by atoms with E-state index in [1.165, 1.54) is 0 Å². The van der Waals surface area contributed by atoms with Crippen molar-refractivity contribution in [3.63, 3.8) is 0 Å². The molecule has 0 radical (unpaired) electrons. The maximum absolute atomic E-state index is 13.8. The SMILES string of the molecule is O=C(/C=C/c1c(F)cc(Br)cc1F)N1C(=O)OCC1c1ccccc1. The number of carbonyl (C=O) groups is 2. The smallest absolute Gasteiger partial charge is 0.417 e. The molecule has 2 aromatic rings. The van der Waals surface area contributed by atoms with Crippen molar-refractivity contribution in [2.75, 3.05) is 6.61 Å². The molecule has 0 saturated carbocycles. The molecule has 3 rings (SSSR count). The molecule has 1 atom stereocenters. The largest absolute Gasteiger partial charge is 0.446 e. The molecule has 1 aliphatic heterocycles.